The Morgan fingerprint density at radius 3 is 2.05 bits per heavy atom. The lowest BCUT2D eigenvalue weighted by Crippen LogP contribution is -2.23. The van der Waals surface area contributed by atoms with Crippen LogP contribution in [-0.4, -0.2) is 28.4 Å². The average Bonchev–Trinajstić information content (AvgIpc) is 2.44. The van der Waals surface area contributed by atoms with Crippen molar-refractivity contribution in [2.75, 3.05) is 13.2 Å². The Labute approximate surface area is 144 Å². The molecule has 0 radical (unpaired) electrons. The van der Waals surface area contributed by atoms with Crippen molar-refractivity contribution in [1.82, 2.24) is 0 Å². The number of amides is 1. The maximum Gasteiger partial charge on any atom is 0.380 e. The zero-order chi connectivity index (χ0) is 16.8. The van der Waals surface area contributed by atoms with Gasteiger partial charge >= 0.3 is 7.60 Å². The van der Waals surface area contributed by atoms with Gasteiger partial charge in [-0.3, -0.25) is 9.36 Å². The number of halogens is 3. The van der Waals surface area contributed by atoms with E-state index in [4.69, 9.17) is 43.9 Å². The number of carbonyl (C=O) groups is 1. The molecule has 0 bridgehead atoms. The first-order valence-corrected chi connectivity index (χ1v) is 9.07. The maximum atomic E-state index is 12.7. The Bertz CT molecular complexity index is 577. The van der Waals surface area contributed by atoms with E-state index in [0.29, 0.717) is 0 Å². The zero-order valence-corrected chi connectivity index (χ0v) is 15.1. The molecule has 1 rings (SSSR count). The molecule has 5 nitrogen and oxygen atoms in total. The molecule has 1 amide bonds. The van der Waals surface area contributed by atoms with Crippen LogP contribution in [-0.2, 0) is 13.6 Å². The first-order chi connectivity index (χ1) is 10.2. The number of carbonyl (C=O) groups excluding carboxylic acids is 1. The van der Waals surface area contributed by atoms with Gasteiger partial charge in [-0.15, -0.1) is 0 Å². The van der Waals surface area contributed by atoms with E-state index in [2.05, 4.69) is 4.99 Å². The molecule has 0 aliphatic rings. The van der Waals surface area contributed by atoms with Crippen molar-refractivity contribution >= 4 is 53.8 Å². The quantitative estimate of drug-likeness (QED) is 0.398. The predicted octanol–water partition coefficient (Wildman–Crippen LogP) is 4.86. The average molecular weight is 387 g/mol. The first kappa shape index (κ1) is 19.6. The molecule has 0 aromatic heterocycles. The lowest BCUT2D eigenvalue weighted by Gasteiger charge is -2.22. The molecule has 0 aliphatic carbocycles. The summed E-state index contributed by atoms with van der Waals surface area (Å²) < 4.78 is 20.7. The third kappa shape index (κ3) is 5.34. The highest BCUT2D eigenvalue weighted by Crippen LogP contribution is 2.56. The highest BCUT2D eigenvalue weighted by Gasteiger charge is 2.45. The van der Waals surface area contributed by atoms with Gasteiger partial charge in [0.25, 0.3) is 5.91 Å². The van der Waals surface area contributed by atoms with Gasteiger partial charge < -0.3 is 9.05 Å². The summed E-state index contributed by atoms with van der Waals surface area (Å²) in [7, 11) is -3.99. The van der Waals surface area contributed by atoms with Crippen molar-refractivity contribution in [3.8, 4) is 0 Å². The van der Waals surface area contributed by atoms with Gasteiger partial charge in [0.1, 0.15) is 0 Å². The highest BCUT2D eigenvalue weighted by atomic mass is 35.6. The molecule has 0 N–H and O–H groups in total. The summed E-state index contributed by atoms with van der Waals surface area (Å²) >= 11 is 17.4. The molecule has 9 heteroatoms. The van der Waals surface area contributed by atoms with Crippen molar-refractivity contribution < 1.29 is 18.4 Å². The molecule has 0 spiro atoms. The smallest absolute Gasteiger partial charge is 0.305 e. The van der Waals surface area contributed by atoms with Gasteiger partial charge in [0.05, 0.1) is 13.2 Å². The molecular weight excluding hydrogens is 371 g/mol. The minimum atomic E-state index is -3.99. The number of rotatable bonds is 6. The Balaban J connectivity index is 3.31. The van der Waals surface area contributed by atoms with Crippen LogP contribution in [0.15, 0.2) is 35.3 Å². The topological polar surface area (TPSA) is 65.0 Å². The minimum absolute atomic E-state index is 0.0383. The van der Waals surface area contributed by atoms with Crippen LogP contribution in [0.2, 0.25) is 0 Å². The number of alkyl halides is 3. The van der Waals surface area contributed by atoms with Gasteiger partial charge in [-0.2, -0.15) is 0 Å². The van der Waals surface area contributed by atoms with E-state index in [0.717, 1.165) is 0 Å². The Morgan fingerprint density at radius 1 is 1.14 bits per heavy atom. The molecule has 122 valence electrons. The molecular formula is C13H15Cl3NO4P. The van der Waals surface area contributed by atoms with Gasteiger partial charge in [0, 0.05) is 5.56 Å². The molecule has 22 heavy (non-hydrogen) atoms. The lowest BCUT2D eigenvalue weighted by atomic mass is 10.2. The molecule has 0 saturated heterocycles. The van der Waals surface area contributed by atoms with Gasteiger partial charge in [-0.05, 0) is 26.0 Å². The van der Waals surface area contributed by atoms with Crippen LogP contribution in [0.4, 0.5) is 0 Å². The van der Waals surface area contributed by atoms with E-state index in [1.807, 2.05) is 0 Å². The van der Waals surface area contributed by atoms with E-state index in [9.17, 15) is 9.36 Å². The predicted molar refractivity (Wildman–Crippen MR) is 89.4 cm³/mol. The van der Waals surface area contributed by atoms with E-state index in [-0.39, 0.29) is 18.8 Å². The van der Waals surface area contributed by atoms with Crippen molar-refractivity contribution in [2.24, 2.45) is 4.99 Å². The fraction of sp³-hybridized carbons (Fsp3) is 0.385. The molecule has 1 aromatic rings. The van der Waals surface area contributed by atoms with E-state index >= 15 is 0 Å². The van der Waals surface area contributed by atoms with Crippen LogP contribution in [0.25, 0.3) is 0 Å². The van der Waals surface area contributed by atoms with Crippen LogP contribution in [0.3, 0.4) is 0 Å². The SMILES string of the molecule is CCOP(=O)(OCC)C(=NC(=O)c1ccccc1)C(Cl)(Cl)Cl. The second-order valence-corrected chi connectivity index (χ2v) is 8.15. The van der Waals surface area contributed by atoms with Gasteiger partial charge in [-0.1, -0.05) is 53.0 Å². The van der Waals surface area contributed by atoms with Crippen LogP contribution in [0, 0.1) is 0 Å². The number of hydrogen-bond donors (Lipinski definition) is 0. The van der Waals surface area contributed by atoms with Crippen molar-refractivity contribution in [3.63, 3.8) is 0 Å². The summed E-state index contributed by atoms with van der Waals surface area (Å²) in [5, 5.41) is 0. The number of hydrogen-bond acceptors (Lipinski definition) is 4. The van der Waals surface area contributed by atoms with Crippen molar-refractivity contribution in [3.05, 3.63) is 35.9 Å². The van der Waals surface area contributed by atoms with E-state index in [1.165, 1.54) is 12.1 Å². The summed E-state index contributed by atoms with van der Waals surface area (Å²) in [6, 6.07) is 8.12. The zero-order valence-electron chi connectivity index (χ0n) is 12.0. The molecule has 0 atom stereocenters. The van der Waals surface area contributed by atoms with E-state index < -0.39 is 22.7 Å². The lowest BCUT2D eigenvalue weighted by molar-refractivity contribution is 0.100. The second kappa shape index (κ2) is 8.44. The van der Waals surface area contributed by atoms with Crippen molar-refractivity contribution in [2.45, 2.75) is 17.6 Å². The normalized spacial score (nSPS) is 13.2. The maximum absolute atomic E-state index is 12.7. The minimum Gasteiger partial charge on any atom is -0.305 e. The number of aliphatic imine (C=N–C) groups is 1. The summed E-state index contributed by atoms with van der Waals surface area (Å²) in [5.74, 6) is -0.707. The summed E-state index contributed by atoms with van der Waals surface area (Å²) in [4.78, 5) is 15.9. The molecule has 0 fully saturated rings. The number of benzene rings is 1. The summed E-state index contributed by atoms with van der Waals surface area (Å²) in [6.07, 6.45) is 0. The van der Waals surface area contributed by atoms with E-state index in [1.54, 1.807) is 32.0 Å². The third-order valence-electron chi connectivity index (χ3n) is 2.34. The molecule has 0 unspecified atom stereocenters. The Hall–Kier alpha value is -0.420. The first-order valence-electron chi connectivity index (χ1n) is 6.39. The molecule has 0 aliphatic heterocycles. The Kier molecular flexibility index (Phi) is 7.53. The highest BCUT2D eigenvalue weighted by molar-refractivity contribution is 7.73. The van der Waals surface area contributed by atoms with Crippen LogP contribution >= 0.6 is 42.4 Å². The fourth-order valence-electron chi connectivity index (χ4n) is 1.52. The monoisotopic (exact) mass is 385 g/mol. The van der Waals surface area contributed by atoms with Crippen LogP contribution in [0.5, 0.6) is 0 Å². The largest absolute Gasteiger partial charge is 0.380 e. The Morgan fingerprint density at radius 2 is 1.64 bits per heavy atom. The molecule has 0 saturated carbocycles. The fourth-order valence-corrected chi connectivity index (χ4v) is 4.10. The number of nitrogens with zero attached hydrogens (tertiary/aromatic N) is 1. The standard InChI is InChI=1S/C13H15Cl3NO4P/c1-3-20-22(19,21-4-2)12(13(14,15)16)17-11(18)10-8-6-5-7-9-10/h5-9H,3-4H2,1-2H3. The summed E-state index contributed by atoms with van der Waals surface area (Å²) in [6.45, 7) is 3.27. The van der Waals surface area contributed by atoms with Gasteiger partial charge in [-0.25, -0.2) is 4.99 Å². The van der Waals surface area contributed by atoms with Gasteiger partial charge in [0.15, 0.2) is 5.45 Å². The second-order valence-electron chi connectivity index (χ2n) is 3.94. The van der Waals surface area contributed by atoms with Gasteiger partial charge in [0.2, 0.25) is 3.79 Å². The van der Waals surface area contributed by atoms with Crippen LogP contribution < -0.4 is 0 Å². The summed E-state index contributed by atoms with van der Waals surface area (Å²) in [5.41, 5.74) is -0.295. The molecule has 0 heterocycles. The van der Waals surface area contributed by atoms with Crippen LogP contribution in [0.1, 0.15) is 24.2 Å². The molecule has 1 aromatic carbocycles. The third-order valence-corrected chi connectivity index (χ3v) is 5.42. The van der Waals surface area contributed by atoms with Crippen molar-refractivity contribution in [1.29, 1.82) is 0 Å².